The topological polar surface area (TPSA) is 98.0 Å². The maximum atomic E-state index is 13.1. The average molecular weight is 476 g/mol. The van der Waals surface area contributed by atoms with Gasteiger partial charge in [-0.1, -0.05) is 26.0 Å². The second-order valence-corrected chi connectivity index (χ2v) is 9.73. The van der Waals surface area contributed by atoms with E-state index in [9.17, 15) is 10.1 Å². The summed E-state index contributed by atoms with van der Waals surface area (Å²) in [4.78, 5) is 26.1. The van der Waals surface area contributed by atoms with Crippen LogP contribution in [-0.4, -0.2) is 51.3 Å². The van der Waals surface area contributed by atoms with Crippen molar-refractivity contribution >= 4 is 34.1 Å². The number of nitrogens with zero attached hydrogens (tertiary/aromatic N) is 6. The fourth-order valence-electron chi connectivity index (χ4n) is 4.10. The van der Waals surface area contributed by atoms with Crippen LogP contribution in [0.1, 0.15) is 59.9 Å². The molecule has 3 heterocycles. The number of aromatic nitrogens is 3. The van der Waals surface area contributed by atoms with Crippen LogP contribution in [-0.2, 0) is 0 Å². The largest absolute Gasteiger partial charge is 0.353 e. The van der Waals surface area contributed by atoms with E-state index < -0.39 is 0 Å². The number of benzene rings is 1. The van der Waals surface area contributed by atoms with Crippen molar-refractivity contribution in [1.29, 1.82) is 5.26 Å². The lowest BCUT2D eigenvalue weighted by Crippen LogP contribution is -2.49. The van der Waals surface area contributed by atoms with Crippen molar-refractivity contribution in [3.05, 3.63) is 59.0 Å². The van der Waals surface area contributed by atoms with Crippen molar-refractivity contribution in [2.24, 2.45) is 0 Å². The molecular weight excluding hydrogens is 446 g/mol. The Labute approximate surface area is 204 Å². The first-order valence-corrected chi connectivity index (χ1v) is 12.2. The minimum Gasteiger partial charge on any atom is -0.353 e. The molecule has 0 radical (unpaired) electrons. The SMILES string of the molecule is Cc1cc(Nc2nc(N3CCC[C@@H](N(C)C(=O)c4ccc(C(C)C)cc4)C3)cnc2C#N)sn1. The molecule has 0 aliphatic carbocycles. The molecule has 1 aliphatic heterocycles. The number of nitrogens with one attached hydrogen (secondary N) is 1. The lowest BCUT2D eigenvalue weighted by Gasteiger charge is -2.38. The van der Waals surface area contributed by atoms with Gasteiger partial charge >= 0.3 is 0 Å². The molecule has 0 unspecified atom stereocenters. The van der Waals surface area contributed by atoms with Gasteiger partial charge in [-0.15, -0.1) is 0 Å². The van der Waals surface area contributed by atoms with Crippen LogP contribution in [0.15, 0.2) is 36.5 Å². The zero-order valence-corrected chi connectivity index (χ0v) is 20.8. The highest BCUT2D eigenvalue weighted by Gasteiger charge is 2.28. The highest BCUT2D eigenvalue weighted by atomic mass is 32.1. The molecule has 1 fully saturated rings. The molecule has 0 saturated carbocycles. The smallest absolute Gasteiger partial charge is 0.253 e. The van der Waals surface area contributed by atoms with Crippen LogP contribution in [0.3, 0.4) is 0 Å². The Balaban J connectivity index is 1.49. The van der Waals surface area contributed by atoms with Crippen LogP contribution in [0.5, 0.6) is 0 Å². The molecule has 1 aromatic carbocycles. The molecule has 8 nitrogen and oxygen atoms in total. The number of piperidine rings is 1. The lowest BCUT2D eigenvalue weighted by atomic mass is 10.0. The van der Waals surface area contributed by atoms with Gasteiger partial charge in [-0.25, -0.2) is 9.97 Å². The zero-order valence-electron chi connectivity index (χ0n) is 19.9. The van der Waals surface area contributed by atoms with Crippen LogP contribution < -0.4 is 10.2 Å². The van der Waals surface area contributed by atoms with Gasteiger partial charge in [0.2, 0.25) is 0 Å². The Hall–Kier alpha value is -3.51. The fraction of sp³-hybridized carbons (Fsp3) is 0.400. The van der Waals surface area contributed by atoms with Crippen molar-refractivity contribution in [3.8, 4) is 6.07 Å². The van der Waals surface area contributed by atoms with E-state index in [0.29, 0.717) is 29.7 Å². The summed E-state index contributed by atoms with van der Waals surface area (Å²) in [5, 5.41) is 13.5. The Morgan fingerprint density at radius 1 is 1.32 bits per heavy atom. The molecule has 34 heavy (non-hydrogen) atoms. The van der Waals surface area contributed by atoms with Gasteiger partial charge in [0.15, 0.2) is 11.5 Å². The van der Waals surface area contributed by atoms with Crippen LogP contribution in [0, 0.1) is 18.3 Å². The van der Waals surface area contributed by atoms with Crippen molar-refractivity contribution in [3.63, 3.8) is 0 Å². The van der Waals surface area contributed by atoms with Crippen molar-refractivity contribution in [2.45, 2.75) is 45.6 Å². The number of anilines is 3. The molecule has 0 bridgehead atoms. The van der Waals surface area contributed by atoms with Gasteiger partial charge < -0.3 is 15.1 Å². The molecule has 3 aromatic rings. The summed E-state index contributed by atoms with van der Waals surface area (Å²) in [7, 11) is 1.87. The maximum Gasteiger partial charge on any atom is 0.253 e. The number of carbonyl (C=O) groups excluding carboxylic acids is 1. The molecule has 1 amide bonds. The molecule has 9 heteroatoms. The lowest BCUT2D eigenvalue weighted by molar-refractivity contribution is 0.0717. The molecule has 1 N–H and O–H groups in total. The summed E-state index contributed by atoms with van der Waals surface area (Å²) in [6.07, 6.45) is 3.50. The molecule has 176 valence electrons. The van der Waals surface area contributed by atoms with E-state index >= 15 is 0 Å². The third kappa shape index (κ3) is 5.18. The van der Waals surface area contributed by atoms with Crippen LogP contribution in [0.2, 0.25) is 0 Å². The third-order valence-electron chi connectivity index (χ3n) is 6.15. The number of amides is 1. The molecule has 1 atom stereocenters. The van der Waals surface area contributed by atoms with E-state index in [4.69, 9.17) is 4.98 Å². The number of carbonyl (C=O) groups is 1. The summed E-state index contributed by atoms with van der Waals surface area (Å²) in [6, 6.07) is 12.0. The minimum atomic E-state index is 0.0241. The number of hydrogen-bond acceptors (Lipinski definition) is 8. The van der Waals surface area contributed by atoms with Crippen LogP contribution in [0.4, 0.5) is 16.6 Å². The van der Waals surface area contributed by atoms with E-state index in [1.54, 1.807) is 6.20 Å². The second kappa shape index (κ2) is 10.2. The number of rotatable bonds is 6. The Kier molecular flexibility index (Phi) is 7.08. The highest BCUT2D eigenvalue weighted by molar-refractivity contribution is 7.10. The van der Waals surface area contributed by atoms with Gasteiger partial charge in [0.25, 0.3) is 5.91 Å². The first kappa shape index (κ1) is 23.6. The molecule has 0 spiro atoms. The fourth-order valence-corrected chi connectivity index (χ4v) is 4.76. The normalized spacial score (nSPS) is 15.8. The Morgan fingerprint density at radius 2 is 2.09 bits per heavy atom. The van der Waals surface area contributed by atoms with E-state index in [1.807, 2.05) is 49.2 Å². The van der Waals surface area contributed by atoms with E-state index in [-0.39, 0.29) is 17.6 Å². The summed E-state index contributed by atoms with van der Waals surface area (Å²) in [5.41, 5.74) is 3.06. The van der Waals surface area contributed by atoms with Crippen molar-refractivity contribution < 1.29 is 4.79 Å². The standard InChI is InChI=1S/C25H29N7OS/c1-16(2)18-7-9-19(10-8-18)25(33)31(4)20-6-5-11-32(15-20)22-14-27-21(13-26)24(28-22)29-23-12-17(3)30-34-23/h7-10,12,14,16,20H,5-6,11,15H2,1-4H3,(H,28,29)/t20-/m1/s1. The molecule has 1 saturated heterocycles. The van der Waals surface area contributed by atoms with Gasteiger partial charge in [0.1, 0.15) is 16.9 Å². The van der Waals surface area contributed by atoms with E-state index in [2.05, 4.69) is 39.5 Å². The first-order valence-electron chi connectivity index (χ1n) is 11.4. The predicted molar refractivity (Wildman–Crippen MR) is 135 cm³/mol. The number of hydrogen-bond donors (Lipinski definition) is 1. The molecule has 4 rings (SSSR count). The van der Waals surface area contributed by atoms with E-state index in [0.717, 1.165) is 30.1 Å². The van der Waals surface area contributed by atoms with Gasteiger partial charge in [0.05, 0.1) is 11.9 Å². The van der Waals surface area contributed by atoms with Gasteiger partial charge in [-0.05, 0) is 61.0 Å². The number of nitriles is 1. The summed E-state index contributed by atoms with van der Waals surface area (Å²) in [5.74, 6) is 1.56. The summed E-state index contributed by atoms with van der Waals surface area (Å²) < 4.78 is 4.26. The third-order valence-corrected chi connectivity index (χ3v) is 6.94. The predicted octanol–water partition coefficient (Wildman–Crippen LogP) is 4.72. The first-order chi connectivity index (χ1) is 16.4. The Morgan fingerprint density at radius 3 is 2.74 bits per heavy atom. The second-order valence-electron chi connectivity index (χ2n) is 8.93. The monoisotopic (exact) mass is 475 g/mol. The van der Waals surface area contributed by atoms with Crippen LogP contribution in [0.25, 0.3) is 0 Å². The van der Waals surface area contributed by atoms with Crippen molar-refractivity contribution in [1.82, 2.24) is 19.2 Å². The number of aryl methyl sites for hydroxylation is 1. The molecular formula is C25H29N7OS. The average Bonchev–Trinajstić information content (AvgIpc) is 3.27. The maximum absolute atomic E-state index is 13.1. The summed E-state index contributed by atoms with van der Waals surface area (Å²) >= 11 is 1.32. The quantitative estimate of drug-likeness (QED) is 0.551. The van der Waals surface area contributed by atoms with Crippen molar-refractivity contribution in [2.75, 3.05) is 30.4 Å². The number of likely N-dealkylation sites (N-methyl/N-ethyl adjacent to an activating group) is 1. The van der Waals surface area contributed by atoms with Crippen LogP contribution >= 0.6 is 11.5 Å². The molecule has 2 aromatic heterocycles. The zero-order chi connectivity index (χ0) is 24.2. The minimum absolute atomic E-state index is 0.0241. The Bertz CT molecular complexity index is 1200. The van der Waals surface area contributed by atoms with Gasteiger partial charge in [0, 0.05) is 31.7 Å². The van der Waals surface area contributed by atoms with Gasteiger partial charge in [-0.3, -0.25) is 4.79 Å². The highest BCUT2D eigenvalue weighted by Crippen LogP contribution is 2.26. The molecule has 1 aliphatic rings. The van der Waals surface area contributed by atoms with Gasteiger partial charge in [-0.2, -0.15) is 9.64 Å². The van der Waals surface area contributed by atoms with E-state index in [1.165, 1.54) is 17.1 Å². The summed E-state index contributed by atoms with van der Waals surface area (Å²) in [6.45, 7) is 7.68.